The van der Waals surface area contributed by atoms with Crippen LogP contribution in [0.5, 0.6) is 0 Å². The van der Waals surface area contributed by atoms with Crippen molar-refractivity contribution in [1.82, 2.24) is 19.4 Å². The van der Waals surface area contributed by atoms with Gasteiger partial charge in [-0.15, -0.1) is 5.10 Å². The second-order valence-electron chi connectivity index (χ2n) is 4.33. The third-order valence-corrected chi connectivity index (χ3v) is 3.50. The molecule has 0 spiro atoms. The molecule has 1 fully saturated rings. The summed E-state index contributed by atoms with van der Waals surface area (Å²) in [5, 5.41) is 7.18. The zero-order valence-corrected chi connectivity index (χ0v) is 10.9. The van der Waals surface area contributed by atoms with E-state index in [1.54, 1.807) is 6.20 Å². The summed E-state index contributed by atoms with van der Waals surface area (Å²) in [6.45, 7) is 7.78. The molecule has 1 saturated heterocycles. The van der Waals surface area contributed by atoms with Crippen molar-refractivity contribution < 1.29 is 4.79 Å². The van der Waals surface area contributed by atoms with Gasteiger partial charge in [-0.1, -0.05) is 4.49 Å². The normalized spacial score (nSPS) is 17.5. The molecule has 0 unspecified atom stereocenters. The van der Waals surface area contributed by atoms with Crippen molar-refractivity contribution >= 4 is 22.6 Å². The number of nitrogens with one attached hydrogen (secondary N) is 1. The maximum absolute atomic E-state index is 11.9. The van der Waals surface area contributed by atoms with E-state index in [2.05, 4.69) is 33.7 Å². The number of aromatic nitrogens is 2. The van der Waals surface area contributed by atoms with Gasteiger partial charge in [-0.3, -0.25) is 10.2 Å². The number of carbonyl (C=O) groups is 1. The molecule has 1 aliphatic rings. The second-order valence-corrected chi connectivity index (χ2v) is 5.11. The first kappa shape index (κ1) is 12.3. The van der Waals surface area contributed by atoms with Crippen molar-refractivity contribution in [2.45, 2.75) is 19.9 Å². The average molecular weight is 255 g/mol. The Morgan fingerprint density at radius 2 is 2.12 bits per heavy atom. The van der Waals surface area contributed by atoms with E-state index >= 15 is 0 Å². The summed E-state index contributed by atoms with van der Waals surface area (Å²) in [6.07, 6.45) is 1.56. The van der Waals surface area contributed by atoms with Crippen LogP contribution in [0.3, 0.4) is 0 Å². The lowest BCUT2D eigenvalue weighted by Gasteiger charge is -2.36. The second kappa shape index (κ2) is 5.42. The summed E-state index contributed by atoms with van der Waals surface area (Å²) < 4.78 is 3.71. The minimum atomic E-state index is -0.0561. The lowest BCUT2D eigenvalue weighted by atomic mass is 10.2. The molecule has 0 aromatic carbocycles. The Morgan fingerprint density at radius 1 is 1.41 bits per heavy atom. The summed E-state index contributed by atoms with van der Waals surface area (Å²) in [5.41, 5.74) is 0. The van der Waals surface area contributed by atoms with Gasteiger partial charge in [-0.25, -0.2) is 4.79 Å². The molecule has 1 aromatic heterocycles. The van der Waals surface area contributed by atoms with Gasteiger partial charge in [0.05, 0.1) is 6.20 Å². The number of urea groups is 1. The Hall–Kier alpha value is -1.21. The summed E-state index contributed by atoms with van der Waals surface area (Å²) >= 11 is 1.19. The maximum atomic E-state index is 11.9. The molecule has 1 aliphatic heterocycles. The smallest absolute Gasteiger partial charge is 0.322 e. The molecule has 94 valence electrons. The molecule has 2 rings (SSSR count). The third-order valence-electron chi connectivity index (χ3n) is 2.92. The Labute approximate surface area is 105 Å². The van der Waals surface area contributed by atoms with Crippen molar-refractivity contribution in [3.63, 3.8) is 0 Å². The maximum Gasteiger partial charge on any atom is 0.322 e. The Kier molecular flexibility index (Phi) is 3.90. The standard InChI is InChI=1S/C10H17N5OS/c1-8(2)14-3-5-15(6-4-14)10(16)12-9-7-11-13-17-9/h7-8H,3-6H2,1-2H3,(H,12,16). The van der Waals surface area contributed by atoms with Crippen LogP contribution in [0.4, 0.5) is 9.80 Å². The lowest BCUT2D eigenvalue weighted by molar-refractivity contribution is 0.125. The predicted octanol–water partition coefficient (Wildman–Crippen LogP) is 1.10. The largest absolute Gasteiger partial charge is 0.322 e. The van der Waals surface area contributed by atoms with E-state index in [1.165, 1.54) is 11.5 Å². The quantitative estimate of drug-likeness (QED) is 0.859. The first-order valence-corrected chi connectivity index (χ1v) is 6.51. The predicted molar refractivity (Wildman–Crippen MR) is 67.2 cm³/mol. The highest BCUT2D eigenvalue weighted by Gasteiger charge is 2.22. The van der Waals surface area contributed by atoms with Crippen LogP contribution in [0.15, 0.2) is 6.20 Å². The van der Waals surface area contributed by atoms with E-state index < -0.39 is 0 Å². The lowest BCUT2D eigenvalue weighted by Crippen LogP contribution is -2.51. The van der Waals surface area contributed by atoms with E-state index in [-0.39, 0.29) is 6.03 Å². The van der Waals surface area contributed by atoms with Crippen LogP contribution in [-0.4, -0.2) is 57.6 Å². The van der Waals surface area contributed by atoms with Gasteiger partial charge < -0.3 is 4.90 Å². The Bertz CT molecular complexity index is 359. The molecular weight excluding hydrogens is 238 g/mol. The fourth-order valence-corrected chi connectivity index (χ4v) is 2.26. The van der Waals surface area contributed by atoms with Crippen LogP contribution in [0.2, 0.25) is 0 Å². The number of piperazine rings is 1. The van der Waals surface area contributed by atoms with Crippen molar-refractivity contribution in [2.24, 2.45) is 0 Å². The molecule has 2 heterocycles. The number of anilines is 1. The first-order chi connectivity index (χ1) is 8.16. The number of hydrogen-bond donors (Lipinski definition) is 1. The molecule has 0 bridgehead atoms. The zero-order valence-electron chi connectivity index (χ0n) is 10.1. The number of nitrogens with zero attached hydrogens (tertiary/aromatic N) is 4. The van der Waals surface area contributed by atoms with Crippen molar-refractivity contribution in [3.8, 4) is 0 Å². The first-order valence-electron chi connectivity index (χ1n) is 5.74. The summed E-state index contributed by atoms with van der Waals surface area (Å²) in [4.78, 5) is 16.1. The van der Waals surface area contributed by atoms with Gasteiger partial charge in [0, 0.05) is 43.8 Å². The van der Waals surface area contributed by atoms with E-state index in [4.69, 9.17) is 0 Å². The molecule has 0 saturated carbocycles. The van der Waals surface area contributed by atoms with Crippen molar-refractivity contribution in [3.05, 3.63) is 6.20 Å². The van der Waals surface area contributed by atoms with Gasteiger partial charge in [0.25, 0.3) is 0 Å². The van der Waals surface area contributed by atoms with Crippen LogP contribution in [-0.2, 0) is 0 Å². The van der Waals surface area contributed by atoms with Crippen LogP contribution < -0.4 is 5.32 Å². The van der Waals surface area contributed by atoms with E-state index in [1.807, 2.05) is 4.90 Å². The Morgan fingerprint density at radius 3 is 2.65 bits per heavy atom. The molecule has 0 radical (unpaired) electrons. The molecule has 6 nitrogen and oxygen atoms in total. The van der Waals surface area contributed by atoms with Crippen molar-refractivity contribution in [2.75, 3.05) is 31.5 Å². The van der Waals surface area contributed by atoms with Crippen LogP contribution >= 0.6 is 11.5 Å². The van der Waals surface area contributed by atoms with Crippen LogP contribution in [0.1, 0.15) is 13.8 Å². The van der Waals surface area contributed by atoms with Crippen LogP contribution in [0.25, 0.3) is 0 Å². The summed E-state index contributed by atoms with van der Waals surface area (Å²) in [5.74, 6) is 0. The van der Waals surface area contributed by atoms with Gasteiger partial charge in [0.2, 0.25) is 0 Å². The monoisotopic (exact) mass is 255 g/mol. The van der Waals surface area contributed by atoms with E-state index in [0.717, 1.165) is 26.2 Å². The highest BCUT2D eigenvalue weighted by atomic mass is 32.1. The van der Waals surface area contributed by atoms with Gasteiger partial charge in [-0.2, -0.15) is 0 Å². The topological polar surface area (TPSA) is 61.4 Å². The fraction of sp³-hybridized carbons (Fsp3) is 0.700. The average Bonchev–Trinajstić information content (AvgIpc) is 2.82. The minimum absolute atomic E-state index is 0.0561. The summed E-state index contributed by atoms with van der Waals surface area (Å²) in [7, 11) is 0. The van der Waals surface area contributed by atoms with Gasteiger partial charge in [-0.05, 0) is 13.8 Å². The van der Waals surface area contributed by atoms with E-state index in [0.29, 0.717) is 11.0 Å². The number of amides is 2. The molecule has 7 heteroatoms. The minimum Gasteiger partial charge on any atom is -0.322 e. The van der Waals surface area contributed by atoms with Crippen molar-refractivity contribution in [1.29, 1.82) is 0 Å². The third kappa shape index (κ3) is 3.13. The molecule has 0 atom stereocenters. The number of carbonyl (C=O) groups excluding carboxylic acids is 1. The highest BCUT2D eigenvalue weighted by Crippen LogP contribution is 2.12. The SMILES string of the molecule is CC(C)N1CCN(C(=O)Nc2cnns2)CC1. The highest BCUT2D eigenvalue weighted by molar-refractivity contribution is 7.10. The molecular formula is C10H17N5OS. The molecule has 1 N–H and O–H groups in total. The number of rotatable bonds is 2. The molecule has 1 aromatic rings. The van der Waals surface area contributed by atoms with Gasteiger partial charge >= 0.3 is 6.03 Å². The zero-order chi connectivity index (χ0) is 12.3. The van der Waals surface area contributed by atoms with E-state index in [9.17, 15) is 4.79 Å². The van der Waals surface area contributed by atoms with Gasteiger partial charge in [0.15, 0.2) is 0 Å². The molecule has 0 aliphatic carbocycles. The molecule has 2 amide bonds. The fourth-order valence-electron chi connectivity index (χ4n) is 1.85. The Balaban J connectivity index is 1.82. The molecule has 17 heavy (non-hydrogen) atoms. The van der Waals surface area contributed by atoms with Crippen LogP contribution in [0, 0.1) is 0 Å². The van der Waals surface area contributed by atoms with Gasteiger partial charge in [0.1, 0.15) is 5.00 Å². The number of hydrogen-bond acceptors (Lipinski definition) is 5. The summed E-state index contributed by atoms with van der Waals surface area (Å²) in [6, 6.07) is 0.491.